The van der Waals surface area contributed by atoms with Crippen LogP contribution in [-0.4, -0.2) is 12.5 Å². The predicted octanol–water partition coefficient (Wildman–Crippen LogP) is 3.68. The van der Waals surface area contributed by atoms with Crippen LogP contribution in [0, 0.1) is 23.0 Å². The Morgan fingerprint density at radius 1 is 1.40 bits per heavy atom. The van der Waals surface area contributed by atoms with Gasteiger partial charge in [0.25, 0.3) is 0 Å². The van der Waals surface area contributed by atoms with Crippen LogP contribution in [-0.2, 0) is 17.6 Å². The molecule has 1 atom stereocenters. The van der Waals surface area contributed by atoms with E-state index in [0.717, 1.165) is 30.9 Å². The lowest BCUT2D eigenvalue weighted by Crippen LogP contribution is -2.30. The summed E-state index contributed by atoms with van der Waals surface area (Å²) < 4.78 is 26.7. The fourth-order valence-electron chi connectivity index (χ4n) is 2.99. The second-order valence-corrected chi connectivity index (χ2v) is 7.10. The Morgan fingerprint density at radius 2 is 2.20 bits per heavy atom. The molecule has 2 N–H and O–H groups in total. The summed E-state index contributed by atoms with van der Waals surface area (Å²) in [7, 11) is 0. The van der Waals surface area contributed by atoms with E-state index in [0.29, 0.717) is 16.1 Å². The van der Waals surface area contributed by atoms with Gasteiger partial charge >= 0.3 is 0 Å². The Morgan fingerprint density at radius 3 is 2.92 bits per heavy atom. The molecule has 0 fully saturated rings. The number of thiophene rings is 1. The van der Waals surface area contributed by atoms with Gasteiger partial charge < -0.3 is 10.6 Å². The molecule has 1 aromatic heterocycles. The highest BCUT2D eigenvalue weighted by Crippen LogP contribution is 2.38. The van der Waals surface area contributed by atoms with Crippen LogP contribution < -0.4 is 10.6 Å². The van der Waals surface area contributed by atoms with Crippen molar-refractivity contribution in [2.24, 2.45) is 0 Å². The van der Waals surface area contributed by atoms with E-state index >= 15 is 0 Å². The Kier molecular flexibility index (Phi) is 5.11. The highest BCUT2D eigenvalue weighted by Gasteiger charge is 2.23. The third kappa shape index (κ3) is 3.70. The number of hydrogen-bond donors (Lipinski definition) is 2. The molecule has 3 rings (SSSR count). The van der Waals surface area contributed by atoms with Crippen LogP contribution in [0.3, 0.4) is 0 Å². The summed E-state index contributed by atoms with van der Waals surface area (Å²) in [5.74, 6) is -1.59. The maximum Gasteiger partial charge on any atom is 0.238 e. The van der Waals surface area contributed by atoms with Gasteiger partial charge in [-0.1, -0.05) is 6.07 Å². The van der Waals surface area contributed by atoms with Gasteiger partial charge in [0.15, 0.2) is 0 Å². The first kappa shape index (κ1) is 17.5. The molecule has 0 saturated heterocycles. The zero-order valence-corrected chi connectivity index (χ0v) is 14.5. The SMILES string of the molecule is C[C@@H](NCC(=O)Nc1sc2c(c1C#N)CCC2)c1ccc(F)cc1F. The number of benzene rings is 1. The molecule has 1 aromatic carbocycles. The summed E-state index contributed by atoms with van der Waals surface area (Å²) in [6.07, 6.45) is 2.87. The van der Waals surface area contributed by atoms with E-state index < -0.39 is 17.7 Å². The highest BCUT2D eigenvalue weighted by molar-refractivity contribution is 7.16. The molecule has 1 aliphatic rings. The molecular formula is C18H17F2N3OS. The van der Waals surface area contributed by atoms with Crippen molar-refractivity contribution in [3.8, 4) is 6.07 Å². The van der Waals surface area contributed by atoms with Crippen LogP contribution in [0.5, 0.6) is 0 Å². The van der Waals surface area contributed by atoms with E-state index in [1.807, 2.05) is 0 Å². The smallest absolute Gasteiger partial charge is 0.238 e. The number of rotatable bonds is 5. The van der Waals surface area contributed by atoms with E-state index in [-0.39, 0.29) is 12.5 Å². The molecule has 0 spiro atoms. The topological polar surface area (TPSA) is 64.9 Å². The van der Waals surface area contributed by atoms with E-state index in [1.54, 1.807) is 6.92 Å². The Bertz CT molecular complexity index is 857. The fourth-order valence-corrected chi connectivity index (χ4v) is 4.25. The van der Waals surface area contributed by atoms with E-state index in [2.05, 4.69) is 16.7 Å². The lowest BCUT2D eigenvalue weighted by molar-refractivity contribution is -0.115. The number of amides is 1. The van der Waals surface area contributed by atoms with Crippen molar-refractivity contribution in [3.63, 3.8) is 0 Å². The molecule has 4 nitrogen and oxygen atoms in total. The molecule has 0 unspecified atom stereocenters. The van der Waals surface area contributed by atoms with Crippen LogP contribution in [0.25, 0.3) is 0 Å². The second-order valence-electron chi connectivity index (χ2n) is 5.99. The van der Waals surface area contributed by atoms with Crippen molar-refractivity contribution in [2.75, 3.05) is 11.9 Å². The second kappa shape index (κ2) is 7.30. The minimum atomic E-state index is -0.651. The molecule has 0 radical (unpaired) electrons. The summed E-state index contributed by atoms with van der Waals surface area (Å²) in [4.78, 5) is 13.3. The predicted molar refractivity (Wildman–Crippen MR) is 92.5 cm³/mol. The van der Waals surface area contributed by atoms with Crippen LogP contribution in [0.2, 0.25) is 0 Å². The van der Waals surface area contributed by atoms with Crippen molar-refractivity contribution < 1.29 is 13.6 Å². The zero-order valence-electron chi connectivity index (χ0n) is 13.7. The number of fused-ring (bicyclic) bond motifs is 1. The Hall–Kier alpha value is -2.30. The number of anilines is 1. The summed E-state index contributed by atoms with van der Waals surface area (Å²) >= 11 is 1.45. The van der Waals surface area contributed by atoms with E-state index in [9.17, 15) is 18.8 Å². The van der Waals surface area contributed by atoms with Crippen molar-refractivity contribution in [1.29, 1.82) is 5.26 Å². The first-order chi connectivity index (χ1) is 12.0. The number of nitrogens with one attached hydrogen (secondary N) is 2. The van der Waals surface area contributed by atoms with E-state index in [1.165, 1.54) is 28.3 Å². The minimum Gasteiger partial charge on any atom is -0.315 e. The normalized spacial score (nSPS) is 14.0. The van der Waals surface area contributed by atoms with Gasteiger partial charge in [-0.3, -0.25) is 4.79 Å². The van der Waals surface area contributed by atoms with Crippen LogP contribution in [0.15, 0.2) is 18.2 Å². The van der Waals surface area contributed by atoms with Gasteiger partial charge in [0.2, 0.25) is 5.91 Å². The minimum absolute atomic E-state index is 0.0363. The van der Waals surface area contributed by atoms with Crippen LogP contribution >= 0.6 is 11.3 Å². The molecular weight excluding hydrogens is 344 g/mol. The first-order valence-electron chi connectivity index (χ1n) is 8.02. The van der Waals surface area contributed by atoms with Crippen molar-refractivity contribution in [3.05, 3.63) is 51.4 Å². The summed E-state index contributed by atoms with van der Waals surface area (Å²) in [6.45, 7) is 1.66. The third-order valence-electron chi connectivity index (χ3n) is 4.28. The Balaban J connectivity index is 1.61. The number of aryl methyl sites for hydroxylation is 1. The van der Waals surface area contributed by atoms with Crippen LogP contribution in [0.4, 0.5) is 13.8 Å². The maximum absolute atomic E-state index is 13.7. The number of halogens is 2. The molecule has 25 heavy (non-hydrogen) atoms. The number of carbonyl (C=O) groups excluding carboxylic acids is 1. The summed E-state index contributed by atoms with van der Waals surface area (Å²) in [6, 6.07) is 5.09. The van der Waals surface area contributed by atoms with Gasteiger partial charge in [0.1, 0.15) is 22.7 Å². The average molecular weight is 361 g/mol. The first-order valence-corrected chi connectivity index (χ1v) is 8.84. The lowest BCUT2D eigenvalue weighted by Gasteiger charge is -2.15. The van der Waals surface area contributed by atoms with Crippen molar-refractivity contribution in [1.82, 2.24) is 5.32 Å². The largest absolute Gasteiger partial charge is 0.315 e. The van der Waals surface area contributed by atoms with Crippen LogP contribution in [0.1, 0.15) is 41.0 Å². The zero-order chi connectivity index (χ0) is 18.0. The van der Waals surface area contributed by atoms with Gasteiger partial charge in [0, 0.05) is 22.5 Å². The molecule has 7 heteroatoms. The molecule has 0 aliphatic heterocycles. The Labute approximate surface area is 148 Å². The molecule has 0 saturated carbocycles. The van der Waals surface area contributed by atoms with Gasteiger partial charge in [0.05, 0.1) is 12.1 Å². The third-order valence-corrected chi connectivity index (χ3v) is 5.49. The lowest BCUT2D eigenvalue weighted by atomic mass is 10.1. The molecule has 1 amide bonds. The average Bonchev–Trinajstić information content (AvgIpc) is 3.13. The number of hydrogen-bond acceptors (Lipinski definition) is 4. The monoisotopic (exact) mass is 361 g/mol. The molecule has 1 aliphatic carbocycles. The van der Waals surface area contributed by atoms with Gasteiger partial charge in [-0.05, 0) is 37.8 Å². The molecule has 2 aromatic rings. The van der Waals surface area contributed by atoms with Gasteiger partial charge in [-0.15, -0.1) is 11.3 Å². The summed E-state index contributed by atoms with van der Waals surface area (Å²) in [5, 5.41) is 15.6. The van der Waals surface area contributed by atoms with Gasteiger partial charge in [-0.25, -0.2) is 8.78 Å². The standard InChI is InChI=1S/C18H17F2N3OS/c1-10(12-6-5-11(19)7-15(12)20)22-9-17(24)23-18-14(8-21)13-3-2-4-16(13)25-18/h5-7,10,22H,2-4,9H2,1H3,(H,23,24)/t10-/m1/s1. The quantitative estimate of drug-likeness (QED) is 0.854. The number of nitrogens with zero attached hydrogens (tertiary/aromatic N) is 1. The molecule has 1 heterocycles. The molecule has 130 valence electrons. The molecule has 0 bridgehead atoms. The van der Waals surface area contributed by atoms with E-state index in [4.69, 9.17) is 0 Å². The number of nitriles is 1. The highest BCUT2D eigenvalue weighted by atomic mass is 32.1. The fraction of sp³-hybridized carbons (Fsp3) is 0.333. The maximum atomic E-state index is 13.7. The summed E-state index contributed by atoms with van der Waals surface area (Å²) in [5.41, 5.74) is 1.91. The number of carbonyl (C=O) groups is 1. The van der Waals surface area contributed by atoms with Crippen molar-refractivity contribution in [2.45, 2.75) is 32.2 Å². The van der Waals surface area contributed by atoms with Crippen molar-refractivity contribution >= 4 is 22.2 Å². The van der Waals surface area contributed by atoms with Gasteiger partial charge in [-0.2, -0.15) is 5.26 Å².